The average Bonchev–Trinajstić information content (AvgIpc) is 3.15. The van der Waals surface area contributed by atoms with Crippen molar-refractivity contribution in [3.63, 3.8) is 0 Å². The van der Waals surface area contributed by atoms with Gasteiger partial charge in [0, 0.05) is 11.8 Å². The first-order chi connectivity index (χ1) is 14.3. The van der Waals surface area contributed by atoms with E-state index in [4.69, 9.17) is 0 Å². The lowest BCUT2D eigenvalue weighted by Crippen LogP contribution is -2.08. The van der Waals surface area contributed by atoms with Crippen LogP contribution in [-0.2, 0) is 0 Å². The van der Waals surface area contributed by atoms with Gasteiger partial charge >= 0.3 is 0 Å². The quantitative estimate of drug-likeness (QED) is 0.288. The van der Waals surface area contributed by atoms with Gasteiger partial charge < -0.3 is 0 Å². The minimum Gasteiger partial charge on any atom is -0.269 e. The van der Waals surface area contributed by atoms with E-state index in [1.54, 1.807) is 22.4 Å². The van der Waals surface area contributed by atoms with Crippen molar-refractivity contribution in [3.8, 4) is 0 Å². The Morgan fingerprint density at radius 3 is 2.17 bits per heavy atom. The summed E-state index contributed by atoms with van der Waals surface area (Å²) in [6.07, 6.45) is 7.61. The van der Waals surface area contributed by atoms with Gasteiger partial charge in [-0.2, -0.15) is 0 Å². The first kappa shape index (κ1) is 19.0. The van der Waals surface area contributed by atoms with Crippen LogP contribution in [0.1, 0.15) is 15.9 Å². The Bertz CT molecular complexity index is 1160. The van der Waals surface area contributed by atoms with Gasteiger partial charge in [-0.3, -0.25) is 9.36 Å². The largest absolute Gasteiger partial charge is 0.269 e. The molecule has 0 atom stereocenters. The number of allylic oxidation sites excluding steroid dienone is 1. The second kappa shape index (κ2) is 9.22. The van der Waals surface area contributed by atoms with Crippen LogP contribution in [0.3, 0.4) is 0 Å². The monoisotopic (exact) mass is 396 g/mol. The van der Waals surface area contributed by atoms with E-state index in [-0.39, 0.29) is 5.91 Å². The molecule has 0 amide bonds. The minimum absolute atomic E-state index is 0.0999. The summed E-state index contributed by atoms with van der Waals surface area (Å²) in [5.41, 5.74) is 3.79. The summed E-state index contributed by atoms with van der Waals surface area (Å²) in [5, 5.41) is 0.701. The fraction of sp³-hybridized carbons (Fsp3) is 0.0400. The number of aromatic nitrogens is 2. The van der Waals surface area contributed by atoms with Crippen molar-refractivity contribution in [1.82, 2.24) is 9.55 Å². The Kier molecular flexibility index (Phi) is 6.03. The topological polar surface area (TPSA) is 34.9 Å². The number of benzene rings is 3. The fourth-order valence-corrected chi connectivity index (χ4v) is 3.81. The molecule has 3 aromatic carbocycles. The Balaban J connectivity index is 1.56. The van der Waals surface area contributed by atoms with Crippen molar-refractivity contribution < 1.29 is 4.79 Å². The van der Waals surface area contributed by atoms with Crippen molar-refractivity contribution in [3.05, 3.63) is 108 Å². The summed E-state index contributed by atoms with van der Waals surface area (Å²) in [7, 11) is 0. The maximum absolute atomic E-state index is 13.0. The second-order valence-corrected chi connectivity index (χ2v) is 7.41. The normalized spacial score (nSPS) is 11.6. The molecule has 1 heterocycles. The number of hydrogen-bond donors (Lipinski definition) is 0. The van der Waals surface area contributed by atoms with Crippen LogP contribution in [0.4, 0.5) is 0 Å². The Morgan fingerprint density at radius 2 is 1.45 bits per heavy atom. The summed E-state index contributed by atoms with van der Waals surface area (Å²) in [4.78, 5) is 17.6. The van der Waals surface area contributed by atoms with Gasteiger partial charge in [-0.05, 0) is 29.3 Å². The number of para-hydroxylation sites is 2. The molecule has 0 spiro atoms. The molecule has 0 aliphatic carbocycles. The van der Waals surface area contributed by atoms with E-state index in [1.165, 1.54) is 0 Å². The van der Waals surface area contributed by atoms with E-state index in [0.717, 1.165) is 27.9 Å². The molecule has 4 rings (SSSR count). The summed E-state index contributed by atoms with van der Waals surface area (Å²) in [6.45, 7) is 0. The zero-order valence-electron chi connectivity index (χ0n) is 15.8. The van der Waals surface area contributed by atoms with Gasteiger partial charge in [0.25, 0.3) is 5.91 Å². The van der Waals surface area contributed by atoms with Crippen LogP contribution in [0.5, 0.6) is 0 Å². The molecule has 3 nitrogen and oxygen atoms in total. The molecule has 0 aliphatic rings. The third-order valence-corrected chi connectivity index (χ3v) is 5.28. The number of fused-ring (bicyclic) bond motifs is 1. The molecule has 0 fully saturated rings. The molecule has 0 aliphatic heterocycles. The number of rotatable bonds is 6. The Labute approximate surface area is 174 Å². The highest BCUT2D eigenvalue weighted by molar-refractivity contribution is 7.99. The van der Waals surface area contributed by atoms with Gasteiger partial charge in [0.1, 0.15) is 0 Å². The maximum atomic E-state index is 13.0. The summed E-state index contributed by atoms with van der Waals surface area (Å²) in [6, 6.07) is 27.7. The number of carbonyl (C=O) groups excluding carboxylic acids is 1. The van der Waals surface area contributed by atoms with Gasteiger partial charge in [0.05, 0.1) is 11.0 Å². The van der Waals surface area contributed by atoms with Crippen LogP contribution in [0.2, 0.25) is 0 Å². The van der Waals surface area contributed by atoms with Crippen molar-refractivity contribution in [1.29, 1.82) is 0 Å². The van der Waals surface area contributed by atoms with E-state index in [0.29, 0.717) is 5.16 Å². The molecule has 0 bridgehead atoms. The molecule has 0 unspecified atom stereocenters. The molecular weight excluding hydrogens is 376 g/mol. The molecule has 0 radical (unpaired) electrons. The van der Waals surface area contributed by atoms with Gasteiger partial charge in [-0.15, -0.1) is 0 Å². The zero-order chi connectivity index (χ0) is 19.9. The highest BCUT2D eigenvalue weighted by Crippen LogP contribution is 2.24. The van der Waals surface area contributed by atoms with Crippen LogP contribution in [-0.4, -0.2) is 21.2 Å². The number of nitrogens with zero attached hydrogens (tertiary/aromatic N) is 2. The number of imidazole rings is 1. The molecule has 142 valence electrons. The average molecular weight is 397 g/mol. The van der Waals surface area contributed by atoms with Crippen LogP contribution >= 0.6 is 11.8 Å². The van der Waals surface area contributed by atoms with Crippen LogP contribution in [0.15, 0.2) is 102 Å². The van der Waals surface area contributed by atoms with Crippen molar-refractivity contribution >= 4 is 40.9 Å². The first-order valence-corrected chi connectivity index (χ1v) is 10.4. The fourth-order valence-electron chi connectivity index (χ4n) is 2.99. The number of hydrogen-bond acceptors (Lipinski definition) is 3. The lowest BCUT2D eigenvalue weighted by atomic mass is 10.2. The molecule has 0 N–H and O–H groups in total. The standard InChI is InChI=1S/C25H20N2OS/c28-24(18-17-21-12-5-2-6-13-21)27-23-16-8-7-15-22(23)26-25(27)29-19-9-14-20-10-3-1-4-11-20/h1-18H,19H2/b14-9+,18-17+. The lowest BCUT2D eigenvalue weighted by Gasteiger charge is -2.04. The zero-order valence-corrected chi connectivity index (χ0v) is 16.6. The van der Waals surface area contributed by atoms with Crippen molar-refractivity contribution in [2.24, 2.45) is 0 Å². The van der Waals surface area contributed by atoms with Gasteiger partial charge in [0.15, 0.2) is 5.16 Å². The third kappa shape index (κ3) is 4.73. The van der Waals surface area contributed by atoms with Gasteiger partial charge in [0.2, 0.25) is 0 Å². The second-order valence-electron chi connectivity index (χ2n) is 6.42. The molecule has 4 aromatic rings. The molecule has 1 aromatic heterocycles. The Hall–Kier alpha value is -3.37. The van der Waals surface area contributed by atoms with E-state index in [2.05, 4.69) is 29.3 Å². The van der Waals surface area contributed by atoms with Crippen LogP contribution in [0.25, 0.3) is 23.2 Å². The highest BCUT2D eigenvalue weighted by atomic mass is 32.2. The molecule has 4 heteroatoms. The van der Waals surface area contributed by atoms with E-state index in [1.807, 2.05) is 78.9 Å². The smallest absolute Gasteiger partial charge is 0.257 e. The highest BCUT2D eigenvalue weighted by Gasteiger charge is 2.14. The lowest BCUT2D eigenvalue weighted by molar-refractivity contribution is 0.0965. The minimum atomic E-state index is -0.0999. The van der Waals surface area contributed by atoms with Gasteiger partial charge in [-0.25, -0.2) is 4.98 Å². The van der Waals surface area contributed by atoms with E-state index < -0.39 is 0 Å². The van der Waals surface area contributed by atoms with E-state index >= 15 is 0 Å². The molecule has 29 heavy (non-hydrogen) atoms. The molecular formula is C25H20N2OS. The van der Waals surface area contributed by atoms with Crippen molar-refractivity contribution in [2.45, 2.75) is 5.16 Å². The van der Waals surface area contributed by atoms with E-state index in [9.17, 15) is 4.79 Å². The summed E-state index contributed by atoms with van der Waals surface area (Å²) in [5.74, 6) is 0.630. The molecule has 0 saturated heterocycles. The predicted molar refractivity (Wildman–Crippen MR) is 122 cm³/mol. The summed E-state index contributed by atoms with van der Waals surface area (Å²) >= 11 is 1.55. The number of thioether (sulfide) groups is 1. The maximum Gasteiger partial charge on any atom is 0.257 e. The summed E-state index contributed by atoms with van der Waals surface area (Å²) < 4.78 is 1.69. The number of carbonyl (C=O) groups is 1. The SMILES string of the molecule is O=C(/C=C/c1ccccc1)n1c(SC/C=C/c2ccccc2)nc2ccccc21. The third-order valence-electron chi connectivity index (χ3n) is 4.39. The predicted octanol–water partition coefficient (Wildman–Crippen LogP) is 6.20. The van der Waals surface area contributed by atoms with Crippen LogP contribution in [0, 0.1) is 0 Å². The van der Waals surface area contributed by atoms with Crippen molar-refractivity contribution in [2.75, 3.05) is 5.75 Å². The Morgan fingerprint density at radius 1 is 0.828 bits per heavy atom. The first-order valence-electron chi connectivity index (χ1n) is 9.40. The van der Waals surface area contributed by atoms with Gasteiger partial charge in [-0.1, -0.05) is 96.7 Å². The molecule has 0 saturated carbocycles. The van der Waals surface area contributed by atoms with Crippen LogP contribution < -0.4 is 0 Å².